The Morgan fingerprint density at radius 2 is 1.28 bits per heavy atom. The van der Waals surface area contributed by atoms with Crippen molar-refractivity contribution in [2.75, 3.05) is 9.80 Å². The first-order valence-corrected chi connectivity index (χ1v) is 26.8. The highest BCUT2D eigenvalue weighted by atomic mass is 19.1. The highest BCUT2D eigenvalue weighted by molar-refractivity contribution is 6.22. The van der Waals surface area contributed by atoms with Crippen LogP contribution in [0.4, 0.5) is 37.2 Å². The summed E-state index contributed by atoms with van der Waals surface area (Å²) in [5.41, 5.74) is 14.2. The van der Waals surface area contributed by atoms with Crippen molar-refractivity contribution in [2.45, 2.75) is 108 Å². The van der Waals surface area contributed by atoms with Crippen LogP contribution in [0.1, 0.15) is 124 Å². The Morgan fingerprint density at radius 1 is 0.556 bits per heavy atom. The molecule has 6 aromatic carbocycles. The third kappa shape index (κ3) is 6.34. The number of allylic oxidation sites excluding steroid dienone is 6. The van der Waals surface area contributed by atoms with Crippen LogP contribution in [-0.4, -0.2) is 0 Å². The molecule has 0 saturated heterocycles. The third-order valence-electron chi connectivity index (χ3n) is 17.8. The number of benzene rings is 6. The Hall–Kier alpha value is -7.12. The van der Waals surface area contributed by atoms with Gasteiger partial charge < -0.3 is 23.1 Å². The minimum Gasteiger partial charge on any atom is -0.458 e. The SMILES string of the molecule is FC1=CC=C(N(c2cccc3c2oc2c(C4CCCCC4)cccc23)c2c3c(c(N(c4ccc(F)cc4)c4cccc5c6c(oc45)C4(C5CCCCC5)CC4C=C6)c4c2oc2ccccc24)C=CCC3)CC1. The molecule has 5 nitrogen and oxygen atoms in total. The van der Waals surface area contributed by atoms with E-state index < -0.39 is 0 Å². The van der Waals surface area contributed by atoms with Gasteiger partial charge in [0.05, 0.1) is 28.1 Å². The first-order valence-electron chi connectivity index (χ1n) is 26.8. The first-order chi connectivity index (χ1) is 35.5. The standard InChI is InChI=1S/C65H56F2N2O3/c66-42-29-33-44(34-30-42)68(55-26-13-24-51-52-37-28-41-38-65(41,64(52)72-62(51)55)40-16-5-2-6-17-40)58-47-18-7-8-19-48(47)59(63-57(58)53-20-9-10-27-56(53)70-63)69(45-35-31-43(67)32-36-45)54-25-12-23-50-49-22-11-21-46(60(49)71-61(50)54)39-14-3-1-4-15-39/h7,9-13,18,20-31,33-35,37,39-41H,1-6,8,14-17,19,32,36,38H2. The summed E-state index contributed by atoms with van der Waals surface area (Å²) < 4.78 is 52.5. The molecule has 15 rings (SSSR count). The molecule has 2 unspecified atom stereocenters. The van der Waals surface area contributed by atoms with Gasteiger partial charge in [0, 0.05) is 55.9 Å². The second-order valence-corrected chi connectivity index (χ2v) is 21.6. The van der Waals surface area contributed by atoms with Crippen molar-refractivity contribution in [1.29, 1.82) is 0 Å². The maximum absolute atomic E-state index is 15.2. The van der Waals surface area contributed by atoms with Crippen LogP contribution in [0.3, 0.4) is 0 Å². The highest BCUT2D eigenvalue weighted by Gasteiger charge is 2.62. The quantitative estimate of drug-likeness (QED) is 0.142. The molecule has 0 N–H and O–H groups in total. The largest absolute Gasteiger partial charge is 0.458 e. The van der Waals surface area contributed by atoms with Crippen LogP contribution in [0.2, 0.25) is 0 Å². The molecule has 7 heteroatoms. The molecule has 2 atom stereocenters. The Morgan fingerprint density at radius 3 is 2.08 bits per heavy atom. The predicted octanol–water partition coefficient (Wildman–Crippen LogP) is 19.4. The predicted molar refractivity (Wildman–Crippen MR) is 289 cm³/mol. The van der Waals surface area contributed by atoms with Crippen molar-refractivity contribution in [3.63, 3.8) is 0 Å². The summed E-state index contributed by atoms with van der Waals surface area (Å²) in [5, 5.41) is 5.18. The molecule has 6 aliphatic carbocycles. The summed E-state index contributed by atoms with van der Waals surface area (Å²) in [7, 11) is 0. The van der Waals surface area contributed by atoms with E-state index in [4.69, 9.17) is 13.3 Å². The summed E-state index contributed by atoms with van der Waals surface area (Å²) in [5.74, 6) is 2.29. The molecule has 0 bridgehead atoms. The van der Waals surface area contributed by atoms with Crippen molar-refractivity contribution in [3.05, 3.63) is 173 Å². The molecule has 358 valence electrons. The number of halogens is 2. The average Bonchev–Trinajstić information content (AvgIpc) is 3.65. The minimum atomic E-state index is -0.298. The zero-order valence-electron chi connectivity index (χ0n) is 40.5. The molecule has 0 aliphatic heterocycles. The maximum Gasteiger partial charge on any atom is 0.161 e. The number of hydrogen-bond acceptors (Lipinski definition) is 5. The van der Waals surface area contributed by atoms with Crippen LogP contribution in [0.25, 0.3) is 67.0 Å². The molecule has 3 aromatic heterocycles. The van der Waals surface area contributed by atoms with Crippen LogP contribution in [0.15, 0.2) is 152 Å². The van der Waals surface area contributed by atoms with Gasteiger partial charge in [0.2, 0.25) is 0 Å². The molecular formula is C65H56F2N2O3. The average molecular weight is 951 g/mol. The fraction of sp³-hybridized carbons (Fsp3) is 0.292. The smallest absolute Gasteiger partial charge is 0.161 e. The second-order valence-electron chi connectivity index (χ2n) is 21.6. The lowest BCUT2D eigenvalue weighted by atomic mass is 9.73. The van der Waals surface area contributed by atoms with Crippen LogP contribution in [-0.2, 0) is 11.8 Å². The van der Waals surface area contributed by atoms with Crippen LogP contribution in [0, 0.1) is 17.7 Å². The monoisotopic (exact) mass is 950 g/mol. The van der Waals surface area contributed by atoms with E-state index in [1.807, 2.05) is 24.3 Å². The summed E-state index contributed by atoms with van der Waals surface area (Å²) in [6.07, 6.45) is 28.8. The van der Waals surface area contributed by atoms with Crippen molar-refractivity contribution in [1.82, 2.24) is 0 Å². The fourth-order valence-electron chi connectivity index (χ4n) is 14.3. The normalized spacial score (nSPS) is 21.1. The number of anilines is 5. The lowest BCUT2D eigenvalue weighted by molar-refractivity contribution is 0.253. The molecule has 9 aromatic rings. The molecule has 3 fully saturated rings. The molecule has 0 spiro atoms. The summed E-state index contributed by atoms with van der Waals surface area (Å²) in [6.45, 7) is 0. The van der Waals surface area contributed by atoms with E-state index in [2.05, 4.69) is 107 Å². The maximum atomic E-state index is 15.2. The van der Waals surface area contributed by atoms with Crippen molar-refractivity contribution in [2.24, 2.45) is 11.8 Å². The molecule has 0 amide bonds. The minimum absolute atomic E-state index is 0.0363. The van der Waals surface area contributed by atoms with E-state index in [-0.39, 0.29) is 17.1 Å². The van der Waals surface area contributed by atoms with Gasteiger partial charge in [-0.25, -0.2) is 8.78 Å². The fourth-order valence-corrected chi connectivity index (χ4v) is 14.3. The summed E-state index contributed by atoms with van der Waals surface area (Å²) in [4.78, 5) is 4.66. The second kappa shape index (κ2) is 16.5. The van der Waals surface area contributed by atoms with Gasteiger partial charge in [0.1, 0.15) is 28.6 Å². The van der Waals surface area contributed by atoms with Crippen LogP contribution in [0.5, 0.6) is 0 Å². The van der Waals surface area contributed by atoms with E-state index in [9.17, 15) is 0 Å². The van der Waals surface area contributed by atoms with E-state index in [0.717, 1.165) is 125 Å². The first kappa shape index (κ1) is 42.6. The van der Waals surface area contributed by atoms with Crippen molar-refractivity contribution < 1.29 is 22.0 Å². The zero-order chi connectivity index (χ0) is 47.7. The highest BCUT2D eigenvalue weighted by Crippen LogP contribution is 2.67. The van der Waals surface area contributed by atoms with Gasteiger partial charge in [-0.05, 0) is 135 Å². The van der Waals surface area contributed by atoms with E-state index in [0.29, 0.717) is 30.6 Å². The Balaban J connectivity index is 1.02. The molecule has 0 radical (unpaired) electrons. The lowest BCUT2D eigenvalue weighted by Gasteiger charge is -2.35. The molecule has 3 saturated carbocycles. The van der Waals surface area contributed by atoms with Gasteiger partial charge in [0.15, 0.2) is 16.7 Å². The number of hydrogen-bond donors (Lipinski definition) is 0. The number of furan rings is 3. The molecule has 6 aliphatic rings. The molecule has 72 heavy (non-hydrogen) atoms. The zero-order valence-corrected chi connectivity index (χ0v) is 40.5. The van der Waals surface area contributed by atoms with Crippen LogP contribution < -0.4 is 9.80 Å². The van der Waals surface area contributed by atoms with Gasteiger partial charge >= 0.3 is 0 Å². The Kier molecular flexibility index (Phi) is 9.73. The number of rotatable bonds is 8. The van der Waals surface area contributed by atoms with Gasteiger partial charge in [-0.2, -0.15) is 0 Å². The number of nitrogens with zero attached hydrogens (tertiary/aromatic N) is 2. The Labute approximate surface area is 417 Å². The molecular weight excluding hydrogens is 895 g/mol. The van der Waals surface area contributed by atoms with Crippen molar-refractivity contribution >= 4 is 95.4 Å². The number of fused-ring (bicyclic) bond motifs is 12. The van der Waals surface area contributed by atoms with Crippen LogP contribution >= 0.6 is 0 Å². The van der Waals surface area contributed by atoms with Gasteiger partial charge in [-0.15, -0.1) is 0 Å². The van der Waals surface area contributed by atoms with Crippen molar-refractivity contribution in [3.8, 4) is 0 Å². The van der Waals surface area contributed by atoms with Gasteiger partial charge in [-0.1, -0.05) is 123 Å². The van der Waals surface area contributed by atoms with Gasteiger partial charge in [0.25, 0.3) is 0 Å². The summed E-state index contributed by atoms with van der Waals surface area (Å²) in [6, 6.07) is 34.9. The molecule has 3 heterocycles. The van der Waals surface area contributed by atoms with E-state index >= 15 is 8.78 Å². The lowest BCUT2D eigenvalue weighted by Crippen LogP contribution is -2.26. The summed E-state index contributed by atoms with van der Waals surface area (Å²) >= 11 is 0. The van der Waals surface area contributed by atoms with Gasteiger partial charge in [-0.3, -0.25) is 0 Å². The number of para-hydroxylation sites is 4. The van der Waals surface area contributed by atoms with E-state index in [1.165, 1.54) is 75.3 Å². The topological polar surface area (TPSA) is 45.9 Å². The third-order valence-corrected chi connectivity index (χ3v) is 17.8. The van der Waals surface area contributed by atoms with E-state index in [1.54, 1.807) is 18.2 Å². The Bertz CT molecular complexity index is 3810.